The van der Waals surface area contributed by atoms with Crippen LogP contribution in [0, 0.1) is 0 Å². The number of hydrogen-bond acceptors (Lipinski definition) is 6. The Hall–Kier alpha value is -3.00. The maximum absolute atomic E-state index is 12.3. The van der Waals surface area contributed by atoms with E-state index in [4.69, 9.17) is 4.52 Å². The summed E-state index contributed by atoms with van der Waals surface area (Å²) in [7, 11) is 1.61. The van der Waals surface area contributed by atoms with Gasteiger partial charge in [-0.15, -0.1) is 0 Å². The van der Waals surface area contributed by atoms with Gasteiger partial charge in [0.1, 0.15) is 0 Å². The summed E-state index contributed by atoms with van der Waals surface area (Å²) in [5.74, 6) is 0.541. The molecule has 28 heavy (non-hydrogen) atoms. The van der Waals surface area contributed by atoms with E-state index < -0.39 is 0 Å². The molecule has 0 spiro atoms. The standard InChI is InChI=1S/C20H22N4O3S/c1-3-14-6-4-5-7-16(14)21-17(25)12-24(2)19(26)9-8-18-22-20(23-27-18)15-10-11-28-13-15/h4-7,10-11,13H,3,8-9,12H2,1-2H3,(H,21,25). The maximum Gasteiger partial charge on any atom is 0.243 e. The number of nitrogens with zero attached hydrogens (tertiary/aromatic N) is 3. The number of carbonyl (C=O) groups is 2. The fourth-order valence-corrected chi connectivity index (χ4v) is 3.35. The van der Waals surface area contributed by atoms with E-state index in [0.717, 1.165) is 23.2 Å². The van der Waals surface area contributed by atoms with Crippen LogP contribution in [0.2, 0.25) is 0 Å². The van der Waals surface area contributed by atoms with Crippen molar-refractivity contribution in [2.45, 2.75) is 26.2 Å². The average Bonchev–Trinajstić information content (AvgIpc) is 3.38. The maximum atomic E-state index is 12.3. The lowest BCUT2D eigenvalue weighted by Gasteiger charge is -2.17. The minimum absolute atomic E-state index is 0.0130. The summed E-state index contributed by atoms with van der Waals surface area (Å²) in [6, 6.07) is 9.55. The molecule has 0 aliphatic carbocycles. The number of aryl methyl sites for hydroxylation is 2. The highest BCUT2D eigenvalue weighted by Crippen LogP contribution is 2.19. The molecule has 1 N–H and O–H groups in total. The van der Waals surface area contributed by atoms with Crippen molar-refractivity contribution in [1.29, 1.82) is 0 Å². The first-order valence-electron chi connectivity index (χ1n) is 9.03. The molecule has 0 radical (unpaired) electrons. The van der Waals surface area contributed by atoms with E-state index in [9.17, 15) is 9.59 Å². The molecule has 0 saturated heterocycles. The molecule has 146 valence electrons. The Labute approximate surface area is 167 Å². The zero-order chi connectivity index (χ0) is 19.9. The number of benzene rings is 1. The number of rotatable bonds is 8. The Kier molecular flexibility index (Phi) is 6.54. The number of nitrogens with one attached hydrogen (secondary N) is 1. The molecular weight excluding hydrogens is 376 g/mol. The van der Waals surface area contributed by atoms with E-state index in [0.29, 0.717) is 18.1 Å². The molecule has 7 nitrogen and oxygen atoms in total. The molecule has 8 heteroatoms. The summed E-state index contributed by atoms with van der Waals surface area (Å²) in [5, 5.41) is 10.7. The van der Waals surface area contributed by atoms with Gasteiger partial charge in [0, 0.05) is 36.5 Å². The molecule has 0 unspecified atom stereocenters. The molecule has 2 aromatic heterocycles. The fourth-order valence-electron chi connectivity index (χ4n) is 2.71. The molecule has 3 rings (SSSR count). The van der Waals surface area contributed by atoms with Crippen molar-refractivity contribution in [2.75, 3.05) is 18.9 Å². The number of carbonyl (C=O) groups excluding carboxylic acids is 2. The lowest BCUT2D eigenvalue weighted by atomic mass is 10.1. The summed E-state index contributed by atoms with van der Waals surface area (Å²) in [6.45, 7) is 2.02. The number of thiophene rings is 1. The van der Waals surface area contributed by atoms with Gasteiger partial charge in [-0.1, -0.05) is 30.3 Å². The summed E-state index contributed by atoms with van der Waals surface area (Å²) in [4.78, 5) is 30.3. The quantitative estimate of drug-likeness (QED) is 0.628. The minimum Gasteiger partial charge on any atom is -0.339 e. The molecule has 1 aromatic carbocycles. The second kappa shape index (κ2) is 9.27. The second-order valence-corrected chi connectivity index (χ2v) is 7.11. The third-order valence-electron chi connectivity index (χ3n) is 4.28. The minimum atomic E-state index is -0.228. The first-order chi connectivity index (χ1) is 13.6. The van der Waals surface area contributed by atoms with Crippen LogP contribution >= 0.6 is 11.3 Å². The van der Waals surface area contributed by atoms with Gasteiger partial charge in [-0.05, 0) is 29.5 Å². The van der Waals surface area contributed by atoms with Gasteiger partial charge in [-0.25, -0.2) is 0 Å². The van der Waals surface area contributed by atoms with E-state index in [1.54, 1.807) is 18.4 Å². The topological polar surface area (TPSA) is 88.3 Å². The van der Waals surface area contributed by atoms with Crippen LogP contribution in [0.3, 0.4) is 0 Å². The molecule has 0 aliphatic rings. The summed E-state index contributed by atoms with van der Waals surface area (Å²) >= 11 is 1.55. The van der Waals surface area contributed by atoms with Crippen LogP contribution in [0.15, 0.2) is 45.6 Å². The van der Waals surface area contributed by atoms with E-state index in [2.05, 4.69) is 15.5 Å². The van der Waals surface area contributed by atoms with Gasteiger partial charge in [0.15, 0.2) is 0 Å². The Bertz CT molecular complexity index is 937. The predicted molar refractivity (Wildman–Crippen MR) is 108 cm³/mol. The average molecular weight is 398 g/mol. The van der Waals surface area contributed by atoms with E-state index in [-0.39, 0.29) is 24.8 Å². The van der Waals surface area contributed by atoms with Crippen LogP contribution in [0.1, 0.15) is 24.8 Å². The number of aromatic nitrogens is 2. The van der Waals surface area contributed by atoms with Crippen molar-refractivity contribution >= 4 is 28.8 Å². The van der Waals surface area contributed by atoms with Crippen LogP contribution in [0.25, 0.3) is 11.4 Å². The number of para-hydroxylation sites is 1. The Morgan fingerprint density at radius 3 is 2.82 bits per heavy atom. The van der Waals surface area contributed by atoms with E-state index in [1.807, 2.05) is 48.0 Å². The Balaban J connectivity index is 1.48. The third kappa shape index (κ3) is 5.04. The first kappa shape index (κ1) is 19.8. The van der Waals surface area contributed by atoms with Crippen molar-refractivity contribution in [3.05, 3.63) is 52.5 Å². The molecule has 2 heterocycles. The zero-order valence-electron chi connectivity index (χ0n) is 15.8. The third-order valence-corrected chi connectivity index (χ3v) is 4.96. The molecule has 2 amide bonds. The van der Waals surface area contributed by atoms with Gasteiger partial charge in [0.25, 0.3) is 0 Å². The lowest BCUT2D eigenvalue weighted by Crippen LogP contribution is -2.35. The van der Waals surface area contributed by atoms with Gasteiger partial charge in [0.2, 0.25) is 23.5 Å². The van der Waals surface area contributed by atoms with Crippen LogP contribution in [0.5, 0.6) is 0 Å². The monoisotopic (exact) mass is 398 g/mol. The number of hydrogen-bond donors (Lipinski definition) is 1. The number of anilines is 1. The van der Waals surface area contributed by atoms with E-state index >= 15 is 0 Å². The molecule has 3 aromatic rings. The smallest absolute Gasteiger partial charge is 0.243 e. The van der Waals surface area contributed by atoms with Crippen molar-refractivity contribution < 1.29 is 14.1 Å². The van der Waals surface area contributed by atoms with Gasteiger partial charge >= 0.3 is 0 Å². The van der Waals surface area contributed by atoms with Crippen molar-refractivity contribution in [3.63, 3.8) is 0 Å². The molecular formula is C20H22N4O3S. The van der Waals surface area contributed by atoms with Crippen LogP contribution in [-0.4, -0.2) is 40.4 Å². The van der Waals surface area contributed by atoms with Crippen LogP contribution < -0.4 is 5.32 Å². The number of amides is 2. The predicted octanol–water partition coefficient (Wildman–Crippen LogP) is 3.39. The highest BCUT2D eigenvalue weighted by Gasteiger charge is 2.16. The SMILES string of the molecule is CCc1ccccc1NC(=O)CN(C)C(=O)CCc1nc(-c2ccsc2)no1. The fraction of sp³-hybridized carbons (Fsp3) is 0.300. The second-order valence-electron chi connectivity index (χ2n) is 6.33. The molecule has 0 saturated carbocycles. The first-order valence-corrected chi connectivity index (χ1v) is 9.98. The van der Waals surface area contributed by atoms with Crippen LogP contribution in [-0.2, 0) is 22.4 Å². The molecule has 0 fully saturated rings. The Morgan fingerprint density at radius 2 is 2.07 bits per heavy atom. The van der Waals surface area contributed by atoms with Crippen LogP contribution in [0.4, 0.5) is 5.69 Å². The summed E-state index contributed by atoms with van der Waals surface area (Å²) in [6.07, 6.45) is 1.35. The van der Waals surface area contributed by atoms with Gasteiger partial charge in [-0.3, -0.25) is 9.59 Å². The summed E-state index contributed by atoms with van der Waals surface area (Å²) < 4.78 is 5.20. The van der Waals surface area contributed by atoms with E-state index in [1.165, 1.54) is 4.90 Å². The normalized spacial score (nSPS) is 10.6. The summed E-state index contributed by atoms with van der Waals surface area (Å²) in [5.41, 5.74) is 2.73. The largest absolute Gasteiger partial charge is 0.339 e. The number of likely N-dealkylation sites (N-methyl/N-ethyl adjacent to an activating group) is 1. The lowest BCUT2D eigenvalue weighted by molar-refractivity contribution is -0.133. The van der Waals surface area contributed by atoms with Gasteiger partial charge in [0.05, 0.1) is 6.54 Å². The Morgan fingerprint density at radius 1 is 1.25 bits per heavy atom. The highest BCUT2D eigenvalue weighted by atomic mass is 32.1. The van der Waals surface area contributed by atoms with Crippen molar-refractivity contribution in [2.24, 2.45) is 0 Å². The molecule has 0 bridgehead atoms. The zero-order valence-corrected chi connectivity index (χ0v) is 16.7. The molecule has 0 aliphatic heterocycles. The van der Waals surface area contributed by atoms with Crippen molar-refractivity contribution in [1.82, 2.24) is 15.0 Å². The van der Waals surface area contributed by atoms with Gasteiger partial charge in [-0.2, -0.15) is 16.3 Å². The highest BCUT2D eigenvalue weighted by molar-refractivity contribution is 7.08. The van der Waals surface area contributed by atoms with Crippen molar-refractivity contribution in [3.8, 4) is 11.4 Å². The molecule has 0 atom stereocenters. The van der Waals surface area contributed by atoms with Gasteiger partial charge < -0.3 is 14.7 Å².